The van der Waals surface area contributed by atoms with Gasteiger partial charge in [0.2, 0.25) is 5.91 Å². The molecule has 4 heterocycles. The van der Waals surface area contributed by atoms with Gasteiger partial charge in [-0.2, -0.15) is 5.10 Å². The number of aromatic nitrogens is 6. The molecule has 1 amide bonds. The second-order valence-electron chi connectivity index (χ2n) is 12.7. The van der Waals surface area contributed by atoms with Crippen molar-refractivity contribution in [3.63, 3.8) is 0 Å². The summed E-state index contributed by atoms with van der Waals surface area (Å²) in [4.78, 5) is 31.8. The molecule has 4 N–H and O–H groups in total. The van der Waals surface area contributed by atoms with Crippen molar-refractivity contribution in [1.29, 1.82) is 0 Å². The molecule has 230 valence electrons. The smallest absolute Gasteiger partial charge is 0.224 e. The minimum absolute atomic E-state index is 0.0529. The molecule has 10 nitrogen and oxygen atoms in total. The molecule has 0 fully saturated rings. The highest BCUT2D eigenvalue weighted by atomic mass is 19.1. The zero-order valence-corrected chi connectivity index (χ0v) is 26.0. The molecular weight excluding hydrogens is 569 g/mol. The maximum atomic E-state index is 14.7. The van der Waals surface area contributed by atoms with E-state index in [9.17, 15) is 9.18 Å². The largest absolute Gasteiger partial charge is 0.384 e. The maximum Gasteiger partial charge on any atom is 0.224 e. The quantitative estimate of drug-likeness (QED) is 0.144. The normalized spacial score (nSPS) is 11.9. The molecule has 0 bridgehead atoms. The Labute approximate surface area is 260 Å². The molecule has 0 aliphatic rings. The predicted molar refractivity (Wildman–Crippen MR) is 177 cm³/mol. The molecule has 0 atom stereocenters. The SMILES string of the molecule is CN(C)CCNc1cc(F)cc(-c2nccc3[nH]c(-c4n[nH]c5ccc(-c6cncc(NC(=O)CC(C)(C)C)c6)cc45)nc23)c1. The second-order valence-corrected chi connectivity index (χ2v) is 12.7. The lowest BCUT2D eigenvalue weighted by Gasteiger charge is -2.17. The van der Waals surface area contributed by atoms with Crippen LogP contribution in [0.3, 0.4) is 0 Å². The van der Waals surface area contributed by atoms with E-state index in [1.165, 1.54) is 12.1 Å². The first-order valence-electron chi connectivity index (χ1n) is 14.8. The highest BCUT2D eigenvalue weighted by molar-refractivity contribution is 5.98. The Bertz CT molecular complexity index is 2000. The summed E-state index contributed by atoms with van der Waals surface area (Å²) in [6.07, 6.45) is 5.50. The van der Waals surface area contributed by atoms with Gasteiger partial charge >= 0.3 is 0 Å². The molecule has 6 rings (SSSR count). The number of imidazole rings is 1. The Morgan fingerprint density at radius 3 is 2.56 bits per heavy atom. The van der Waals surface area contributed by atoms with E-state index in [1.54, 1.807) is 18.6 Å². The second kappa shape index (κ2) is 12.1. The van der Waals surface area contributed by atoms with Crippen molar-refractivity contribution in [2.45, 2.75) is 27.2 Å². The van der Waals surface area contributed by atoms with Gasteiger partial charge in [0.05, 0.1) is 28.6 Å². The number of amides is 1. The summed E-state index contributed by atoms with van der Waals surface area (Å²) in [7, 11) is 3.99. The number of nitrogens with zero attached hydrogens (tertiary/aromatic N) is 5. The van der Waals surface area contributed by atoms with Crippen molar-refractivity contribution in [2.24, 2.45) is 5.41 Å². The Kier molecular flexibility index (Phi) is 8.03. The summed E-state index contributed by atoms with van der Waals surface area (Å²) in [5.41, 5.74) is 7.03. The molecule has 0 radical (unpaired) electrons. The van der Waals surface area contributed by atoms with Crippen LogP contribution in [0.1, 0.15) is 27.2 Å². The molecule has 0 saturated carbocycles. The standard InChI is InChI=1S/C34H36FN9O/c1-34(2,3)17-29(45)39-25-14-22(18-36-19-25)20-6-7-27-26(15-20)31(43-42-27)33-40-28-8-9-38-30(32(28)41-33)21-12-23(35)16-24(13-21)37-10-11-44(4)5/h6-9,12-16,18-19,37H,10-11,17H2,1-5H3,(H,39,45)(H,40,41)(H,42,43). The van der Waals surface area contributed by atoms with E-state index in [0.29, 0.717) is 52.6 Å². The molecule has 0 aliphatic carbocycles. The number of rotatable bonds is 9. The number of H-pyrrole nitrogens is 2. The third-order valence-electron chi connectivity index (χ3n) is 7.29. The number of hydrogen-bond acceptors (Lipinski definition) is 7. The van der Waals surface area contributed by atoms with Crippen molar-refractivity contribution in [2.75, 3.05) is 37.8 Å². The van der Waals surface area contributed by atoms with Gasteiger partial charge in [0.15, 0.2) is 5.82 Å². The third kappa shape index (κ3) is 6.83. The summed E-state index contributed by atoms with van der Waals surface area (Å²) in [6.45, 7) is 7.59. The number of benzene rings is 2. The van der Waals surface area contributed by atoms with Gasteiger partial charge in [-0.3, -0.25) is 19.9 Å². The Hall–Kier alpha value is -5.16. The monoisotopic (exact) mass is 605 g/mol. The average Bonchev–Trinajstić information content (AvgIpc) is 3.59. The number of pyridine rings is 2. The van der Waals surface area contributed by atoms with E-state index < -0.39 is 0 Å². The van der Waals surface area contributed by atoms with Crippen molar-refractivity contribution in [3.8, 4) is 33.9 Å². The summed E-state index contributed by atoms with van der Waals surface area (Å²) < 4.78 is 14.7. The number of fused-ring (bicyclic) bond motifs is 2. The number of carbonyl (C=O) groups is 1. The van der Waals surface area contributed by atoms with Crippen LogP contribution in [0.15, 0.2) is 67.1 Å². The average molecular weight is 606 g/mol. The summed E-state index contributed by atoms with van der Waals surface area (Å²) in [5.74, 6) is 0.153. The van der Waals surface area contributed by atoms with Crippen LogP contribution < -0.4 is 10.6 Å². The van der Waals surface area contributed by atoms with Crippen LogP contribution in [0, 0.1) is 11.2 Å². The molecule has 0 saturated heterocycles. The number of halogens is 1. The van der Waals surface area contributed by atoms with Crippen LogP contribution in [-0.4, -0.2) is 68.1 Å². The van der Waals surface area contributed by atoms with Crippen LogP contribution >= 0.6 is 0 Å². The molecule has 11 heteroatoms. The van der Waals surface area contributed by atoms with E-state index in [2.05, 4.69) is 40.7 Å². The number of likely N-dealkylation sites (N-methyl/N-ethyl adjacent to an activating group) is 1. The molecule has 0 aliphatic heterocycles. The van der Waals surface area contributed by atoms with E-state index in [1.807, 2.05) is 71.3 Å². The summed E-state index contributed by atoms with van der Waals surface area (Å²) in [5, 5.41) is 14.8. The van der Waals surface area contributed by atoms with E-state index in [-0.39, 0.29) is 17.1 Å². The van der Waals surface area contributed by atoms with Gasteiger partial charge in [0.1, 0.15) is 17.0 Å². The number of hydrogen-bond donors (Lipinski definition) is 4. The van der Waals surface area contributed by atoms with Gasteiger partial charge in [-0.1, -0.05) is 26.8 Å². The molecule has 6 aromatic rings. The van der Waals surface area contributed by atoms with Crippen molar-refractivity contribution >= 4 is 39.2 Å². The number of anilines is 2. The maximum absolute atomic E-state index is 14.7. The van der Waals surface area contributed by atoms with Crippen LogP contribution in [0.5, 0.6) is 0 Å². The van der Waals surface area contributed by atoms with Gasteiger partial charge in [-0.15, -0.1) is 0 Å². The fourth-order valence-electron chi connectivity index (χ4n) is 5.24. The molecule has 45 heavy (non-hydrogen) atoms. The number of carbonyl (C=O) groups excluding carboxylic acids is 1. The lowest BCUT2D eigenvalue weighted by molar-refractivity contribution is -0.117. The summed E-state index contributed by atoms with van der Waals surface area (Å²) in [6, 6.07) is 14.6. The first kappa shape index (κ1) is 29.9. The molecule has 0 spiro atoms. The molecular formula is C34H36FN9O. The van der Waals surface area contributed by atoms with Crippen LogP contribution in [0.2, 0.25) is 0 Å². The zero-order chi connectivity index (χ0) is 31.7. The minimum atomic E-state index is -0.354. The van der Waals surface area contributed by atoms with Crippen molar-refractivity contribution < 1.29 is 9.18 Å². The fourth-order valence-corrected chi connectivity index (χ4v) is 5.24. The van der Waals surface area contributed by atoms with Gasteiger partial charge in [-0.05, 0) is 67.5 Å². The number of nitrogens with one attached hydrogen (secondary N) is 4. The van der Waals surface area contributed by atoms with Crippen LogP contribution in [0.4, 0.5) is 15.8 Å². The van der Waals surface area contributed by atoms with Crippen LogP contribution in [0.25, 0.3) is 55.8 Å². The Balaban J connectivity index is 1.33. The molecule has 4 aromatic heterocycles. The lowest BCUT2D eigenvalue weighted by Crippen LogP contribution is -2.20. The van der Waals surface area contributed by atoms with Crippen molar-refractivity contribution in [1.82, 2.24) is 35.0 Å². The first-order valence-corrected chi connectivity index (χ1v) is 14.8. The van der Waals surface area contributed by atoms with E-state index >= 15 is 0 Å². The highest BCUT2D eigenvalue weighted by Gasteiger charge is 2.19. The van der Waals surface area contributed by atoms with Gasteiger partial charge in [0.25, 0.3) is 0 Å². The summed E-state index contributed by atoms with van der Waals surface area (Å²) >= 11 is 0. The topological polar surface area (TPSA) is 128 Å². The van der Waals surface area contributed by atoms with E-state index in [4.69, 9.17) is 4.98 Å². The van der Waals surface area contributed by atoms with E-state index in [0.717, 1.165) is 34.1 Å². The van der Waals surface area contributed by atoms with Crippen molar-refractivity contribution in [3.05, 3.63) is 72.9 Å². The fraction of sp³-hybridized carbons (Fsp3) is 0.265. The van der Waals surface area contributed by atoms with Gasteiger partial charge in [0, 0.05) is 54.1 Å². The lowest BCUT2D eigenvalue weighted by atomic mass is 9.92. The third-order valence-corrected chi connectivity index (χ3v) is 7.29. The van der Waals surface area contributed by atoms with Crippen LogP contribution in [-0.2, 0) is 4.79 Å². The van der Waals surface area contributed by atoms with Gasteiger partial charge < -0.3 is 20.5 Å². The number of aromatic amines is 2. The molecule has 2 aromatic carbocycles. The Morgan fingerprint density at radius 1 is 0.933 bits per heavy atom. The van der Waals surface area contributed by atoms with Gasteiger partial charge in [-0.25, -0.2) is 9.37 Å². The zero-order valence-electron chi connectivity index (χ0n) is 26.0. The Morgan fingerprint density at radius 2 is 1.76 bits per heavy atom. The molecule has 0 unspecified atom stereocenters. The highest BCUT2D eigenvalue weighted by Crippen LogP contribution is 2.33. The predicted octanol–water partition coefficient (Wildman–Crippen LogP) is 6.72. The first-order chi connectivity index (χ1) is 21.5. The minimum Gasteiger partial charge on any atom is -0.384 e.